The molecule has 1 aliphatic rings. The zero-order chi connectivity index (χ0) is 23.4. The number of aliphatic hydroxyl groups excluding tert-OH is 1. The van der Waals surface area contributed by atoms with Crippen molar-refractivity contribution >= 4 is 56.0 Å². The van der Waals surface area contributed by atoms with E-state index in [-0.39, 0.29) is 18.7 Å². The molecule has 2 amide bonds. The fourth-order valence-corrected chi connectivity index (χ4v) is 4.93. The van der Waals surface area contributed by atoms with Gasteiger partial charge in [0.2, 0.25) is 0 Å². The topological polar surface area (TPSA) is 93.6 Å². The van der Waals surface area contributed by atoms with E-state index in [0.29, 0.717) is 38.6 Å². The molecule has 3 aromatic rings. The molecule has 4 rings (SSSR count). The van der Waals surface area contributed by atoms with Crippen molar-refractivity contribution in [3.63, 3.8) is 0 Å². The lowest BCUT2D eigenvalue weighted by Gasteiger charge is -2.22. The predicted octanol–water partition coefficient (Wildman–Crippen LogP) is 4.22. The summed E-state index contributed by atoms with van der Waals surface area (Å²) in [6, 6.07) is 7.94. The Morgan fingerprint density at radius 1 is 1.36 bits per heavy atom. The molecule has 0 unspecified atom stereocenters. The molecule has 0 spiro atoms. The smallest absolute Gasteiger partial charge is 0.321 e. The van der Waals surface area contributed by atoms with E-state index in [1.165, 1.54) is 17.4 Å². The first kappa shape index (κ1) is 23.6. The lowest BCUT2D eigenvalue weighted by Crippen LogP contribution is -2.36. The molecule has 2 aromatic heterocycles. The first-order valence-electron chi connectivity index (χ1n) is 10.8. The number of amides is 2. The number of hydrogen-bond acceptors (Lipinski definition) is 7. The van der Waals surface area contributed by atoms with Gasteiger partial charge in [0.15, 0.2) is 5.13 Å². The number of pyridine rings is 1. The van der Waals surface area contributed by atoms with Crippen LogP contribution < -0.4 is 15.5 Å². The van der Waals surface area contributed by atoms with E-state index >= 15 is 0 Å². The van der Waals surface area contributed by atoms with Gasteiger partial charge in [-0.3, -0.25) is 10.2 Å². The first-order valence-corrected chi connectivity index (χ1v) is 12.0. The van der Waals surface area contributed by atoms with Gasteiger partial charge in [-0.05, 0) is 56.1 Å². The molecule has 176 valence electrons. The average molecular weight is 493 g/mol. The minimum atomic E-state index is -0.438. The van der Waals surface area contributed by atoms with Crippen molar-refractivity contribution in [3.8, 4) is 0 Å². The maximum atomic E-state index is 14.3. The van der Waals surface area contributed by atoms with Crippen LogP contribution >= 0.6 is 22.9 Å². The van der Waals surface area contributed by atoms with Gasteiger partial charge >= 0.3 is 6.03 Å². The molecule has 1 fully saturated rings. The summed E-state index contributed by atoms with van der Waals surface area (Å²) in [6.07, 6.45) is 2.95. The quantitative estimate of drug-likeness (QED) is 0.408. The van der Waals surface area contributed by atoms with Crippen LogP contribution in [0.4, 0.5) is 25.8 Å². The van der Waals surface area contributed by atoms with Crippen LogP contribution in [0.1, 0.15) is 19.3 Å². The molecule has 3 heterocycles. The summed E-state index contributed by atoms with van der Waals surface area (Å²) in [5.74, 6) is 0.110. The second kappa shape index (κ2) is 10.6. The number of aliphatic hydroxyl groups is 1. The fraction of sp³-hybridized carbons (Fsp3) is 0.409. The molecule has 1 aromatic carbocycles. The lowest BCUT2D eigenvalue weighted by molar-refractivity contribution is 0.158. The second-order valence-corrected chi connectivity index (χ2v) is 9.33. The van der Waals surface area contributed by atoms with Gasteiger partial charge in [0.1, 0.15) is 22.0 Å². The Hall–Kier alpha value is -2.53. The molecule has 0 saturated carbocycles. The van der Waals surface area contributed by atoms with E-state index < -0.39 is 5.82 Å². The Morgan fingerprint density at radius 3 is 3.00 bits per heavy atom. The number of aromatic nitrogens is 2. The molecular formula is C22H26ClFN6O2S. The largest absolute Gasteiger partial charge is 0.395 e. The van der Waals surface area contributed by atoms with Gasteiger partial charge in [0, 0.05) is 31.2 Å². The summed E-state index contributed by atoms with van der Waals surface area (Å²) < 4.78 is 14.3. The zero-order valence-electron chi connectivity index (χ0n) is 18.2. The van der Waals surface area contributed by atoms with Crippen LogP contribution in [0.15, 0.2) is 30.3 Å². The Kier molecular flexibility index (Phi) is 7.59. The van der Waals surface area contributed by atoms with Gasteiger partial charge in [0.25, 0.3) is 0 Å². The number of carbonyl (C=O) groups excluding carboxylic acids is 1. The highest BCUT2D eigenvalue weighted by molar-refractivity contribution is 7.22. The Labute approximate surface area is 200 Å². The van der Waals surface area contributed by atoms with Crippen LogP contribution in [-0.4, -0.2) is 65.3 Å². The number of nitrogens with one attached hydrogen (secondary N) is 2. The van der Waals surface area contributed by atoms with E-state index in [4.69, 9.17) is 11.6 Å². The Bertz CT molecular complexity index is 1130. The fourth-order valence-electron chi connectivity index (χ4n) is 3.95. The number of fused-ring (bicyclic) bond motifs is 1. The molecular weight excluding hydrogens is 467 g/mol. The average Bonchev–Trinajstić information content (AvgIpc) is 3.41. The second-order valence-electron chi connectivity index (χ2n) is 7.92. The molecule has 11 heteroatoms. The summed E-state index contributed by atoms with van der Waals surface area (Å²) in [5.41, 5.74) is 1.00. The predicted molar refractivity (Wildman–Crippen MR) is 130 cm³/mol. The van der Waals surface area contributed by atoms with Crippen LogP contribution in [0.25, 0.3) is 10.3 Å². The monoisotopic (exact) mass is 492 g/mol. The molecule has 0 aliphatic carbocycles. The summed E-state index contributed by atoms with van der Waals surface area (Å²) in [6.45, 7) is 2.57. The van der Waals surface area contributed by atoms with Gasteiger partial charge in [-0.25, -0.2) is 19.2 Å². The highest BCUT2D eigenvalue weighted by Crippen LogP contribution is 2.31. The van der Waals surface area contributed by atoms with Crippen molar-refractivity contribution < 1.29 is 14.3 Å². The Balaban J connectivity index is 1.33. The van der Waals surface area contributed by atoms with Crippen molar-refractivity contribution in [2.75, 3.05) is 43.5 Å². The number of nitrogens with zero attached hydrogens (tertiary/aromatic N) is 4. The van der Waals surface area contributed by atoms with Crippen molar-refractivity contribution in [1.82, 2.24) is 20.2 Å². The molecule has 33 heavy (non-hydrogen) atoms. The molecule has 1 saturated heterocycles. The van der Waals surface area contributed by atoms with Gasteiger partial charge in [-0.15, -0.1) is 0 Å². The summed E-state index contributed by atoms with van der Waals surface area (Å²) in [5, 5.41) is 15.7. The highest BCUT2D eigenvalue weighted by Gasteiger charge is 2.22. The van der Waals surface area contributed by atoms with Crippen molar-refractivity contribution in [3.05, 3.63) is 41.2 Å². The third-order valence-corrected chi connectivity index (χ3v) is 6.81. The molecule has 3 N–H and O–H groups in total. The normalized spacial score (nSPS) is 16.3. The van der Waals surface area contributed by atoms with Crippen LogP contribution in [0.2, 0.25) is 5.02 Å². The van der Waals surface area contributed by atoms with Crippen LogP contribution in [0, 0.1) is 5.82 Å². The maximum Gasteiger partial charge on any atom is 0.321 e. The standard InChI is InChI=1S/C22H26ClFN6O2S/c1-29(18-7-5-14(23)12-16(18)24)19-8-6-17-20(27-19)33-22(26-17)28-21(32)25-9-3-11-30-10-2-4-15(30)13-31/h5-8,12,15,31H,2-4,9-11,13H2,1H3,(H2,25,26,28,32)/t15-/m1/s1. The molecule has 0 radical (unpaired) electrons. The number of carbonyl (C=O) groups is 1. The van der Waals surface area contributed by atoms with E-state index in [1.54, 1.807) is 36.2 Å². The lowest BCUT2D eigenvalue weighted by atomic mass is 10.2. The minimum absolute atomic E-state index is 0.186. The number of urea groups is 1. The van der Waals surface area contributed by atoms with E-state index in [9.17, 15) is 14.3 Å². The van der Waals surface area contributed by atoms with Crippen molar-refractivity contribution in [2.24, 2.45) is 0 Å². The minimum Gasteiger partial charge on any atom is -0.395 e. The number of thiazole rings is 1. The van der Waals surface area contributed by atoms with E-state index in [2.05, 4.69) is 25.5 Å². The number of rotatable bonds is 8. The first-order chi connectivity index (χ1) is 15.9. The van der Waals surface area contributed by atoms with E-state index in [0.717, 1.165) is 32.4 Å². The molecule has 1 aliphatic heterocycles. The van der Waals surface area contributed by atoms with Crippen LogP contribution in [0.3, 0.4) is 0 Å². The summed E-state index contributed by atoms with van der Waals surface area (Å²) in [7, 11) is 1.72. The number of anilines is 3. The van der Waals surface area contributed by atoms with E-state index in [1.807, 2.05) is 0 Å². The number of halogens is 2. The van der Waals surface area contributed by atoms with Crippen LogP contribution in [-0.2, 0) is 0 Å². The maximum absolute atomic E-state index is 14.3. The zero-order valence-corrected chi connectivity index (χ0v) is 19.8. The summed E-state index contributed by atoms with van der Waals surface area (Å²) in [4.78, 5) is 25.7. The third-order valence-electron chi connectivity index (χ3n) is 5.69. The summed E-state index contributed by atoms with van der Waals surface area (Å²) >= 11 is 7.09. The number of likely N-dealkylation sites (tertiary alicyclic amines) is 1. The van der Waals surface area contributed by atoms with Gasteiger partial charge < -0.3 is 15.3 Å². The van der Waals surface area contributed by atoms with Crippen molar-refractivity contribution in [2.45, 2.75) is 25.3 Å². The van der Waals surface area contributed by atoms with Gasteiger partial charge in [0.05, 0.1) is 12.3 Å². The number of benzene rings is 1. The molecule has 0 bridgehead atoms. The van der Waals surface area contributed by atoms with Gasteiger partial charge in [-0.2, -0.15) is 0 Å². The SMILES string of the molecule is CN(c1ccc2nc(NC(=O)NCCCN3CCC[C@@H]3CO)sc2n1)c1ccc(Cl)cc1F. The van der Waals surface area contributed by atoms with Gasteiger partial charge in [-0.1, -0.05) is 22.9 Å². The van der Waals surface area contributed by atoms with Crippen LogP contribution in [0.5, 0.6) is 0 Å². The molecule has 1 atom stereocenters. The van der Waals surface area contributed by atoms with Crippen molar-refractivity contribution in [1.29, 1.82) is 0 Å². The Morgan fingerprint density at radius 2 is 2.21 bits per heavy atom. The highest BCUT2D eigenvalue weighted by atomic mass is 35.5. The molecule has 8 nitrogen and oxygen atoms in total. The third kappa shape index (κ3) is 5.70. The number of hydrogen-bond donors (Lipinski definition) is 3.